The summed E-state index contributed by atoms with van der Waals surface area (Å²) in [5, 5.41) is 10.6. The van der Waals surface area contributed by atoms with Crippen molar-refractivity contribution >= 4 is 11.9 Å². The van der Waals surface area contributed by atoms with Crippen molar-refractivity contribution in [1.29, 1.82) is 0 Å². The number of rotatable bonds is 8. The lowest BCUT2D eigenvalue weighted by atomic mass is 10.1. The smallest absolute Gasteiger partial charge is 0.338 e. The average Bonchev–Trinajstić information content (AvgIpc) is 3.14. The van der Waals surface area contributed by atoms with E-state index >= 15 is 0 Å². The molecule has 6 heteroatoms. The first kappa shape index (κ1) is 22.5. The SMILES string of the molecule is O=C(OC1C(COCc2ccccc2)=C[C@H](O)C1OC(=O)c1ccccc1)c1ccccc1. The molecule has 6 nitrogen and oxygen atoms in total. The summed E-state index contributed by atoms with van der Waals surface area (Å²) in [6, 6.07) is 26.6. The summed E-state index contributed by atoms with van der Waals surface area (Å²) in [4.78, 5) is 25.4. The van der Waals surface area contributed by atoms with Crippen molar-refractivity contribution in [2.75, 3.05) is 6.61 Å². The maximum Gasteiger partial charge on any atom is 0.338 e. The van der Waals surface area contributed by atoms with E-state index in [1.54, 1.807) is 60.7 Å². The minimum atomic E-state index is -1.14. The molecule has 0 amide bonds. The number of benzene rings is 3. The lowest BCUT2D eigenvalue weighted by molar-refractivity contribution is -0.0513. The Balaban J connectivity index is 1.49. The first-order valence-electron chi connectivity index (χ1n) is 10.6. The normalized spacial score (nSPS) is 19.5. The maximum absolute atomic E-state index is 12.7. The summed E-state index contributed by atoms with van der Waals surface area (Å²) in [5.41, 5.74) is 2.22. The molecule has 1 aliphatic rings. The molecule has 0 aliphatic heterocycles. The number of ether oxygens (including phenoxy) is 3. The third kappa shape index (κ3) is 5.74. The molecule has 2 unspecified atom stereocenters. The minimum Gasteiger partial charge on any atom is -0.451 e. The molecule has 3 atom stereocenters. The summed E-state index contributed by atoms with van der Waals surface area (Å²) in [7, 11) is 0. The van der Waals surface area contributed by atoms with Gasteiger partial charge in [-0.25, -0.2) is 9.59 Å². The fourth-order valence-corrected chi connectivity index (χ4v) is 3.59. The molecule has 3 aromatic carbocycles. The Morgan fingerprint density at radius 1 is 0.697 bits per heavy atom. The zero-order valence-corrected chi connectivity index (χ0v) is 17.9. The fraction of sp³-hybridized carbons (Fsp3) is 0.185. The van der Waals surface area contributed by atoms with Crippen LogP contribution >= 0.6 is 0 Å². The Morgan fingerprint density at radius 3 is 1.79 bits per heavy atom. The molecule has 0 saturated carbocycles. The van der Waals surface area contributed by atoms with Gasteiger partial charge in [0.2, 0.25) is 0 Å². The quantitative estimate of drug-likeness (QED) is 0.418. The first-order chi connectivity index (χ1) is 16.1. The van der Waals surface area contributed by atoms with Gasteiger partial charge >= 0.3 is 11.9 Å². The highest BCUT2D eigenvalue weighted by Crippen LogP contribution is 2.28. The van der Waals surface area contributed by atoms with E-state index in [1.807, 2.05) is 30.3 Å². The highest BCUT2D eigenvalue weighted by atomic mass is 16.6. The van der Waals surface area contributed by atoms with Crippen molar-refractivity contribution in [2.24, 2.45) is 0 Å². The lowest BCUT2D eigenvalue weighted by Crippen LogP contribution is -2.39. The summed E-state index contributed by atoms with van der Waals surface area (Å²) in [6.45, 7) is 0.459. The van der Waals surface area contributed by atoms with E-state index in [0.29, 0.717) is 23.3 Å². The molecule has 33 heavy (non-hydrogen) atoms. The number of hydrogen-bond donors (Lipinski definition) is 1. The van der Waals surface area contributed by atoms with Gasteiger partial charge in [-0.15, -0.1) is 0 Å². The van der Waals surface area contributed by atoms with Gasteiger partial charge in [-0.2, -0.15) is 0 Å². The van der Waals surface area contributed by atoms with Crippen LogP contribution in [0.5, 0.6) is 0 Å². The Hall–Kier alpha value is -3.74. The zero-order valence-electron chi connectivity index (χ0n) is 17.9. The van der Waals surface area contributed by atoms with E-state index in [9.17, 15) is 14.7 Å². The van der Waals surface area contributed by atoms with Crippen LogP contribution < -0.4 is 0 Å². The molecule has 0 heterocycles. The Kier molecular flexibility index (Phi) is 7.29. The van der Waals surface area contributed by atoms with Crippen LogP contribution in [-0.4, -0.2) is 42.0 Å². The molecule has 168 valence electrons. The molecule has 4 rings (SSSR count). The second-order valence-corrected chi connectivity index (χ2v) is 7.64. The van der Waals surface area contributed by atoms with Gasteiger partial charge in [-0.3, -0.25) is 0 Å². The highest BCUT2D eigenvalue weighted by molar-refractivity contribution is 5.90. The number of aliphatic hydroxyl groups is 1. The second-order valence-electron chi connectivity index (χ2n) is 7.64. The van der Waals surface area contributed by atoms with E-state index in [1.165, 1.54) is 6.08 Å². The molecule has 1 N–H and O–H groups in total. The average molecular weight is 444 g/mol. The minimum absolute atomic E-state index is 0.109. The van der Waals surface area contributed by atoms with E-state index in [2.05, 4.69) is 0 Å². The van der Waals surface area contributed by atoms with Gasteiger partial charge in [-0.1, -0.05) is 66.7 Å². The van der Waals surface area contributed by atoms with Gasteiger partial charge in [0, 0.05) is 0 Å². The molecule has 0 saturated heterocycles. The molecule has 0 aromatic heterocycles. The zero-order chi connectivity index (χ0) is 23.0. The van der Waals surface area contributed by atoms with Crippen LogP contribution in [0.3, 0.4) is 0 Å². The third-order valence-electron chi connectivity index (χ3n) is 5.26. The molecular weight excluding hydrogens is 420 g/mol. The molecule has 0 spiro atoms. The summed E-state index contributed by atoms with van der Waals surface area (Å²) in [6.07, 6.45) is -1.67. The Morgan fingerprint density at radius 2 is 1.21 bits per heavy atom. The van der Waals surface area contributed by atoms with Crippen molar-refractivity contribution in [3.8, 4) is 0 Å². The topological polar surface area (TPSA) is 82.1 Å². The van der Waals surface area contributed by atoms with Crippen molar-refractivity contribution in [2.45, 2.75) is 24.9 Å². The predicted octanol–water partition coefficient (Wildman–Crippen LogP) is 3.96. The number of aliphatic hydroxyl groups excluding tert-OH is 1. The standard InChI is InChI=1S/C27H24O6/c28-23-16-22(18-31-17-19-10-4-1-5-11-19)24(32-26(29)20-12-6-2-7-13-20)25(23)33-27(30)21-14-8-3-9-15-21/h1-16,23-25,28H,17-18H2/t23-,24?,25?/m0/s1. The lowest BCUT2D eigenvalue weighted by Gasteiger charge is -2.25. The van der Waals surface area contributed by atoms with E-state index in [4.69, 9.17) is 14.2 Å². The van der Waals surface area contributed by atoms with E-state index in [-0.39, 0.29) is 6.61 Å². The van der Waals surface area contributed by atoms with Crippen molar-refractivity contribution in [3.05, 3.63) is 119 Å². The van der Waals surface area contributed by atoms with Gasteiger partial charge in [0.15, 0.2) is 12.2 Å². The Bertz CT molecular complexity index is 1100. The second kappa shape index (κ2) is 10.7. The summed E-state index contributed by atoms with van der Waals surface area (Å²) >= 11 is 0. The molecule has 0 radical (unpaired) electrons. The van der Waals surface area contributed by atoms with Crippen LogP contribution in [0.4, 0.5) is 0 Å². The Labute approximate surface area is 192 Å². The summed E-state index contributed by atoms with van der Waals surface area (Å²) in [5.74, 6) is -1.19. The molecular formula is C27H24O6. The van der Waals surface area contributed by atoms with Crippen molar-refractivity contribution < 1.29 is 28.9 Å². The predicted molar refractivity (Wildman–Crippen MR) is 121 cm³/mol. The van der Waals surface area contributed by atoms with Gasteiger partial charge in [-0.05, 0) is 41.5 Å². The number of carbonyl (C=O) groups excluding carboxylic acids is 2. The van der Waals surface area contributed by atoms with Crippen LogP contribution in [0, 0.1) is 0 Å². The molecule has 0 bridgehead atoms. The van der Waals surface area contributed by atoms with Gasteiger partial charge in [0.05, 0.1) is 24.3 Å². The number of carbonyl (C=O) groups is 2. The van der Waals surface area contributed by atoms with Crippen molar-refractivity contribution in [3.63, 3.8) is 0 Å². The van der Waals surface area contributed by atoms with Crippen LogP contribution in [0.2, 0.25) is 0 Å². The highest BCUT2D eigenvalue weighted by Gasteiger charge is 2.42. The largest absolute Gasteiger partial charge is 0.451 e. The molecule has 0 fully saturated rings. The van der Waals surface area contributed by atoms with E-state index < -0.39 is 30.3 Å². The monoisotopic (exact) mass is 444 g/mol. The van der Waals surface area contributed by atoms with E-state index in [0.717, 1.165) is 5.56 Å². The number of hydrogen-bond acceptors (Lipinski definition) is 6. The van der Waals surface area contributed by atoms with Gasteiger partial charge in [0.1, 0.15) is 6.10 Å². The van der Waals surface area contributed by atoms with Crippen molar-refractivity contribution in [1.82, 2.24) is 0 Å². The molecule has 1 aliphatic carbocycles. The van der Waals surface area contributed by atoms with Crippen LogP contribution in [0.15, 0.2) is 103 Å². The maximum atomic E-state index is 12.7. The van der Waals surface area contributed by atoms with Gasteiger partial charge in [0.25, 0.3) is 0 Å². The molecule has 3 aromatic rings. The first-order valence-corrected chi connectivity index (χ1v) is 10.6. The van der Waals surface area contributed by atoms with Crippen LogP contribution in [-0.2, 0) is 20.8 Å². The fourth-order valence-electron chi connectivity index (χ4n) is 3.59. The van der Waals surface area contributed by atoms with Gasteiger partial charge < -0.3 is 19.3 Å². The summed E-state index contributed by atoms with van der Waals surface area (Å²) < 4.78 is 17.1. The van der Waals surface area contributed by atoms with Crippen LogP contribution in [0.25, 0.3) is 0 Å². The van der Waals surface area contributed by atoms with Crippen LogP contribution in [0.1, 0.15) is 26.3 Å². The number of esters is 2. The third-order valence-corrected chi connectivity index (χ3v) is 5.26.